The van der Waals surface area contributed by atoms with Gasteiger partial charge < -0.3 is 16.8 Å². The highest BCUT2D eigenvalue weighted by Gasteiger charge is 2.26. The molecule has 0 radical (unpaired) electrons. The number of carbonyl (C=O) groups is 1. The second kappa shape index (κ2) is 10.9. The summed E-state index contributed by atoms with van der Waals surface area (Å²) in [6.45, 7) is 2.01. The molecule has 1 aliphatic carbocycles. The molecule has 2 unspecified atom stereocenters. The number of guanidine groups is 1. The molecule has 3 aromatic rings. The quantitative estimate of drug-likeness (QED) is 0.211. The van der Waals surface area contributed by atoms with Gasteiger partial charge >= 0.3 is 0 Å². The van der Waals surface area contributed by atoms with E-state index in [1.807, 2.05) is 25.1 Å². The number of benzene rings is 2. The Hall–Kier alpha value is -3.36. The summed E-state index contributed by atoms with van der Waals surface area (Å²) in [7, 11) is 0. The third kappa shape index (κ3) is 6.41. The molecule has 8 nitrogen and oxygen atoms in total. The van der Waals surface area contributed by atoms with Gasteiger partial charge in [0.15, 0.2) is 5.96 Å². The zero-order valence-electron chi connectivity index (χ0n) is 19.3. The van der Waals surface area contributed by atoms with Crippen molar-refractivity contribution in [1.82, 2.24) is 9.97 Å². The highest BCUT2D eigenvalue weighted by atomic mass is 35.5. The highest BCUT2D eigenvalue weighted by Crippen LogP contribution is 2.29. The maximum atomic E-state index is 12.6. The lowest BCUT2D eigenvalue weighted by atomic mass is 9.90. The molecule has 4 rings (SSSR count). The van der Waals surface area contributed by atoms with Crippen LogP contribution < -0.4 is 22.1 Å². The zero-order valence-corrected chi connectivity index (χ0v) is 20.8. The number of aryl methyl sites for hydroxylation is 1. The van der Waals surface area contributed by atoms with Gasteiger partial charge in [0.2, 0.25) is 5.95 Å². The molecule has 1 aromatic heterocycles. The minimum atomic E-state index is -0.371. The summed E-state index contributed by atoms with van der Waals surface area (Å²) in [4.78, 5) is 26.2. The third-order valence-electron chi connectivity index (χ3n) is 5.82. The van der Waals surface area contributed by atoms with E-state index in [0.29, 0.717) is 21.4 Å². The summed E-state index contributed by atoms with van der Waals surface area (Å²) in [5.74, 6) is 0.533. The number of nitrogens with zero attached hydrogens (tertiary/aromatic N) is 3. The van der Waals surface area contributed by atoms with Crippen molar-refractivity contribution >= 4 is 63.8 Å². The average Bonchev–Trinajstić information content (AvgIpc) is 2.81. The number of carbonyl (C=O) groups excluding carboxylic acids is 1. The molecule has 10 heteroatoms. The first-order valence-corrected chi connectivity index (χ1v) is 12.1. The summed E-state index contributed by atoms with van der Waals surface area (Å²) >= 11 is 12.0. The predicted octanol–water partition coefficient (Wildman–Crippen LogP) is 4.89. The van der Waals surface area contributed by atoms with Crippen molar-refractivity contribution in [2.45, 2.75) is 44.7 Å². The number of anilines is 2. The number of aromatic nitrogens is 2. The van der Waals surface area contributed by atoms with Gasteiger partial charge in [-0.1, -0.05) is 53.7 Å². The zero-order chi connectivity index (χ0) is 24.9. The summed E-state index contributed by atoms with van der Waals surface area (Å²) < 4.78 is 0. The molecule has 1 saturated carbocycles. The van der Waals surface area contributed by atoms with Crippen LogP contribution in [0.25, 0.3) is 17.0 Å². The van der Waals surface area contributed by atoms with Gasteiger partial charge in [0.05, 0.1) is 27.6 Å². The Morgan fingerprint density at radius 1 is 1.09 bits per heavy atom. The molecule has 0 aliphatic heterocycles. The van der Waals surface area contributed by atoms with Gasteiger partial charge in [0.1, 0.15) is 5.82 Å². The lowest BCUT2D eigenvalue weighted by molar-refractivity contribution is -0.111. The van der Waals surface area contributed by atoms with Crippen molar-refractivity contribution < 1.29 is 4.79 Å². The van der Waals surface area contributed by atoms with E-state index in [2.05, 4.69) is 25.6 Å². The first-order chi connectivity index (χ1) is 16.8. The monoisotopic (exact) mass is 511 g/mol. The molecule has 2 aromatic carbocycles. The molecule has 182 valence electrons. The first kappa shape index (κ1) is 24.8. The summed E-state index contributed by atoms with van der Waals surface area (Å²) in [6, 6.07) is 11.0. The van der Waals surface area contributed by atoms with E-state index in [-0.39, 0.29) is 29.9 Å². The molecule has 6 N–H and O–H groups in total. The average molecular weight is 512 g/mol. The van der Waals surface area contributed by atoms with Crippen LogP contribution in [0.15, 0.2) is 47.5 Å². The number of rotatable bonds is 6. The molecule has 2 atom stereocenters. The first-order valence-electron chi connectivity index (χ1n) is 11.4. The maximum absolute atomic E-state index is 12.6. The molecule has 1 fully saturated rings. The van der Waals surface area contributed by atoms with Gasteiger partial charge in [-0.3, -0.25) is 10.1 Å². The van der Waals surface area contributed by atoms with Crippen LogP contribution in [0, 0.1) is 6.92 Å². The van der Waals surface area contributed by atoms with Gasteiger partial charge in [-0.25, -0.2) is 9.98 Å². The van der Waals surface area contributed by atoms with Crippen molar-refractivity contribution in [1.29, 1.82) is 0 Å². The van der Waals surface area contributed by atoms with Crippen LogP contribution in [-0.4, -0.2) is 33.9 Å². The second-order valence-electron chi connectivity index (χ2n) is 8.57. The fourth-order valence-electron chi connectivity index (χ4n) is 4.15. The third-order valence-corrected chi connectivity index (χ3v) is 6.56. The van der Waals surface area contributed by atoms with E-state index in [9.17, 15) is 4.79 Å². The van der Waals surface area contributed by atoms with E-state index in [0.717, 1.165) is 42.2 Å². The predicted molar refractivity (Wildman–Crippen MR) is 144 cm³/mol. The SMILES string of the molecule is Cc1ccc2nc(NC(=O)/C=C/c3ccc(Cl)c(Cl)c3)nc(NC3CCCCC3N=C(N)N)c2c1. The van der Waals surface area contributed by atoms with Gasteiger partial charge in [-0.2, -0.15) is 4.98 Å². The van der Waals surface area contributed by atoms with Gasteiger partial charge in [0, 0.05) is 11.5 Å². The van der Waals surface area contributed by atoms with Gasteiger partial charge in [-0.15, -0.1) is 0 Å². The maximum Gasteiger partial charge on any atom is 0.250 e. The molecule has 0 spiro atoms. The van der Waals surface area contributed by atoms with Crippen molar-refractivity contribution in [2.75, 3.05) is 10.6 Å². The number of hydrogen-bond donors (Lipinski definition) is 4. The number of nitrogens with two attached hydrogens (primary N) is 2. The fraction of sp³-hybridized carbons (Fsp3) is 0.280. The fourth-order valence-corrected chi connectivity index (χ4v) is 4.46. The smallest absolute Gasteiger partial charge is 0.250 e. The Balaban J connectivity index is 1.60. The largest absolute Gasteiger partial charge is 0.370 e. The van der Waals surface area contributed by atoms with Crippen LogP contribution in [-0.2, 0) is 4.79 Å². The lowest BCUT2D eigenvalue weighted by Gasteiger charge is -2.30. The van der Waals surface area contributed by atoms with Gasteiger partial charge in [-0.05, 0) is 55.7 Å². The highest BCUT2D eigenvalue weighted by molar-refractivity contribution is 6.42. The van der Waals surface area contributed by atoms with Crippen LogP contribution in [0.1, 0.15) is 36.8 Å². The lowest BCUT2D eigenvalue weighted by Crippen LogP contribution is -2.38. The molecule has 0 bridgehead atoms. The van der Waals surface area contributed by atoms with E-state index in [1.165, 1.54) is 6.08 Å². The Labute approximate surface area is 213 Å². The molecule has 1 amide bonds. The molecule has 1 heterocycles. The number of hydrogen-bond acceptors (Lipinski definition) is 5. The van der Waals surface area contributed by atoms with E-state index in [4.69, 9.17) is 34.7 Å². The number of amides is 1. The number of nitrogens with one attached hydrogen (secondary N) is 2. The minimum absolute atomic E-state index is 0.0163. The second-order valence-corrected chi connectivity index (χ2v) is 9.38. The van der Waals surface area contributed by atoms with E-state index in [1.54, 1.807) is 24.3 Å². The Bertz CT molecular complexity index is 1300. The summed E-state index contributed by atoms with van der Waals surface area (Å²) in [5.41, 5.74) is 13.9. The molecule has 0 saturated heterocycles. The summed E-state index contributed by atoms with van der Waals surface area (Å²) in [6.07, 6.45) is 6.97. The van der Waals surface area contributed by atoms with Crippen LogP contribution in [0.5, 0.6) is 0 Å². The molecule has 1 aliphatic rings. The Morgan fingerprint density at radius 2 is 1.89 bits per heavy atom. The normalized spacial score (nSPS) is 17.9. The van der Waals surface area contributed by atoms with Crippen LogP contribution in [0.2, 0.25) is 10.0 Å². The molecule has 35 heavy (non-hydrogen) atoms. The van der Waals surface area contributed by atoms with E-state index < -0.39 is 0 Å². The van der Waals surface area contributed by atoms with Crippen molar-refractivity contribution in [3.8, 4) is 0 Å². The van der Waals surface area contributed by atoms with Crippen LogP contribution in [0.3, 0.4) is 0 Å². The molecular weight excluding hydrogens is 485 g/mol. The van der Waals surface area contributed by atoms with Crippen LogP contribution >= 0.6 is 23.2 Å². The van der Waals surface area contributed by atoms with Crippen molar-refractivity contribution in [2.24, 2.45) is 16.5 Å². The number of halogens is 2. The standard InChI is InChI=1S/C25H27Cl2N7O/c1-14-6-10-19-16(12-14)23(30-20-4-2-3-5-21(20)31-24(28)29)34-25(32-19)33-22(35)11-8-15-7-9-17(26)18(27)13-15/h6-13,20-21H,2-5H2,1H3,(H4,28,29,31)(H2,30,32,33,34,35)/b11-8+. The van der Waals surface area contributed by atoms with Crippen LogP contribution in [0.4, 0.5) is 11.8 Å². The number of aliphatic imine (C=N–C) groups is 1. The van der Waals surface area contributed by atoms with Crippen molar-refractivity contribution in [3.63, 3.8) is 0 Å². The minimum Gasteiger partial charge on any atom is -0.370 e. The Morgan fingerprint density at radius 3 is 2.66 bits per heavy atom. The summed E-state index contributed by atoms with van der Waals surface area (Å²) in [5, 5.41) is 8.01. The van der Waals surface area contributed by atoms with Gasteiger partial charge in [0.25, 0.3) is 5.91 Å². The molecular formula is C25H27Cl2N7O. The number of fused-ring (bicyclic) bond motifs is 1. The van der Waals surface area contributed by atoms with Crippen molar-refractivity contribution in [3.05, 3.63) is 63.6 Å². The van der Waals surface area contributed by atoms with E-state index >= 15 is 0 Å². The Kier molecular flexibility index (Phi) is 7.73. The topological polar surface area (TPSA) is 131 Å².